The van der Waals surface area contributed by atoms with Gasteiger partial charge in [0.05, 0.1) is 31.4 Å². The van der Waals surface area contributed by atoms with E-state index >= 15 is 0 Å². The second-order valence-electron chi connectivity index (χ2n) is 7.67. The van der Waals surface area contributed by atoms with Gasteiger partial charge in [0.25, 0.3) is 0 Å². The first-order valence-electron chi connectivity index (χ1n) is 10.7. The molecule has 164 valence electrons. The number of benzene rings is 1. The van der Waals surface area contributed by atoms with Crippen molar-refractivity contribution in [3.05, 3.63) is 29.7 Å². The number of piperidine rings is 1. The van der Waals surface area contributed by atoms with Crippen LogP contribution in [-0.4, -0.2) is 61.1 Å². The van der Waals surface area contributed by atoms with Crippen molar-refractivity contribution in [3.8, 4) is 23.0 Å². The number of hydrogen-bond acceptors (Lipinski definition) is 6. The highest BCUT2D eigenvalue weighted by molar-refractivity contribution is 5.79. The molecule has 7 heteroatoms. The quantitative estimate of drug-likeness (QED) is 0.654. The van der Waals surface area contributed by atoms with Gasteiger partial charge in [-0.2, -0.15) is 0 Å². The van der Waals surface area contributed by atoms with E-state index in [1.54, 1.807) is 14.2 Å². The standard InChI is InChI=1S/C23H33N3O4/c1-6-26(7-2)23(27)17-9-8-12-25(14-17)15-20-16(3)30-22(24-20)19-13-18(28-4)10-11-21(19)29-5/h10-11,13,17H,6-9,12,14-15H2,1-5H3. The maximum atomic E-state index is 12.8. The third-order valence-corrected chi connectivity index (χ3v) is 5.83. The summed E-state index contributed by atoms with van der Waals surface area (Å²) in [6, 6.07) is 5.56. The molecule has 2 heterocycles. The van der Waals surface area contributed by atoms with Gasteiger partial charge >= 0.3 is 0 Å². The maximum absolute atomic E-state index is 12.8. The molecule has 0 aliphatic carbocycles. The molecule has 1 aromatic heterocycles. The van der Waals surface area contributed by atoms with E-state index in [4.69, 9.17) is 18.9 Å². The van der Waals surface area contributed by atoms with Crippen LogP contribution in [0.25, 0.3) is 11.5 Å². The summed E-state index contributed by atoms with van der Waals surface area (Å²) in [5.74, 6) is 3.04. The second-order valence-corrected chi connectivity index (χ2v) is 7.67. The monoisotopic (exact) mass is 415 g/mol. The summed E-state index contributed by atoms with van der Waals surface area (Å²) in [5, 5.41) is 0. The number of carbonyl (C=O) groups excluding carboxylic acids is 1. The van der Waals surface area contributed by atoms with Crippen LogP contribution in [0.3, 0.4) is 0 Å². The van der Waals surface area contributed by atoms with Crippen molar-refractivity contribution >= 4 is 5.91 Å². The Hall–Kier alpha value is -2.54. The summed E-state index contributed by atoms with van der Waals surface area (Å²) < 4.78 is 16.8. The third-order valence-electron chi connectivity index (χ3n) is 5.83. The topological polar surface area (TPSA) is 68.0 Å². The van der Waals surface area contributed by atoms with E-state index in [0.717, 1.165) is 61.8 Å². The van der Waals surface area contributed by atoms with Crippen LogP contribution >= 0.6 is 0 Å². The van der Waals surface area contributed by atoms with Crippen molar-refractivity contribution in [2.45, 2.75) is 40.2 Å². The van der Waals surface area contributed by atoms with Gasteiger partial charge in [-0.3, -0.25) is 9.69 Å². The Labute approximate surface area is 179 Å². The maximum Gasteiger partial charge on any atom is 0.230 e. The zero-order chi connectivity index (χ0) is 21.7. The average Bonchev–Trinajstić information content (AvgIpc) is 3.14. The number of likely N-dealkylation sites (tertiary alicyclic amines) is 1. The molecule has 1 aliphatic rings. The number of methoxy groups -OCH3 is 2. The van der Waals surface area contributed by atoms with E-state index in [1.807, 2.05) is 43.9 Å². The van der Waals surface area contributed by atoms with Crippen LogP contribution in [-0.2, 0) is 11.3 Å². The van der Waals surface area contributed by atoms with Crippen LogP contribution < -0.4 is 9.47 Å². The Balaban J connectivity index is 1.76. The molecule has 30 heavy (non-hydrogen) atoms. The molecule has 1 aliphatic heterocycles. The fourth-order valence-electron chi connectivity index (χ4n) is 4.08. The van der Waals surface area contributed by atoms with Gasteiger partial charge in [-0.1, -0.05) is 0 Å². The van der Waals surface area contributed by atoms with Crippen molar-refractivity contribution in [1.29, 1.82) is 0 Å². The molecule has 7 nitrogen and oxygen atoms in total. The minimum atomic E-state index is 0.0591. The predicted molar refractivity (Wildman–Crippen MR) is 116 cm³/mol. The molecule has 0 N–H and O–H groups in total. The number of aromatic nitrogens is 1. The lowest BCUT2D eigenvalue weighted by Crippen LogP contribution is -2.44. The average molecular weight is 416 g/mol. The zero-order valence-corrected chi connectivity index (χ0v) is 18.7. The molecule has 0 saturated carbocycles. The lowest BCUT2D eigenvalue weighted by Gasteiger charge is -2.34. The minimum Gasteiger partial charge on any atom is -0.497 e. The summed E-state index contributed by atoms with van der Waals surface area (Å²) in [6.07, 6.45) is 1.97. The summed E-state index contributed by atoms with van der Waals surface area (Å²) >= 11 is 0. The highest BCUT2D eigenvalue weighted by Gasteiger charge is 2.29. The van der Waals surface area contributed by atoms with Crippen LogP contribution in [0.1, 0.15) is 38.1 Å². The van der Waals surface area contributed by atoms with Crippen LogP contribution in [0.15, 0.2) is 22.6 Å². The number of rotatable bonds is 8. The van der Waals surface area contributed by atoms with Gasteiger partial charge in [0, 0.05) is 26.2 Å². The Morgan fingerprint density at radius 1 is 1.27 bits per heavy atom. The highest BCUT2D eigenvalue weighted by Crippen LogP contribution is 2.34. The van der Waals surface area contributed by atoms with E-state index in [1.165, 1.54) is 0 Å². The fourth-order valence-corrected chi connectivity index (χ4v) is 4.08. The van der Waals surface area contributed by atoms with Gasteiger partial charge in [-0.05, 0) is 58.4 Å². The van der Waals surface area contributed by atoms with E-state index in [9.17, 15) is 4.79 Å². The third kappa shape index (κ3) is 4.78. The van der Waals surface area contributed by atoms with Gasteiger partial charge < -0.3 is 18.8 Å². The van der Waals surface area contributed by atoms with Crippen molar-refractivity contribution in [1.82, 2.24) is 14.8 Å². The van der Waals surface area contributed by atoms with E-state index < -0.39 is 0 Å². The number of nitrogens with zero attached hydrogens (tertiary/aromatic N) is 3. The normalized spacial score (nSPS) is 17.0. The zero-order valence-electron chi connectivity index (χ0n) is 18.7. The molecule has 1 aromatic carbocycles. The van der Waals surface area contributed by atoms with Gasteiger partial charge in [-0.25, -0.2) is 4.98 Å². The number of ether oxygens (including phenoxy) is 2. The summed E-state index contributed by atoms with van der Waals surface area (Å²) in [6.45, 7) is 9.93. The van der Waals surface area contributed by atoms with Crippen LogP contribution in [0, 0.1) is 12.8 Å². The lowest BCUT2D eigenvalue weighted by atomic mass is 9.96. The molecule has 2 aromatic rings. The molecule has 1 atom stereocenters. The van der Waals surface area contributed by atoms with Gasteiger partial charge in [0.15, 0.2) is 0 Å². The van der Waals surface area contributed by atoms with Crippen molar-refractivity contribution < 1.29 is 18.7 Å². The first kappa shape index (κ1) is 22.2. The van der Waals surface area contributed by atoms with Crippen molar-refractivity contribution in [3.63, 3.8) is 0 Å². The summed E-state index contributed by atoms with van der Waals surface area (Å²) in [7, 11) is 3.26. The van der Waals surface area contributed by atoms with Crippen LogP contribution in [0.5, 0.6) is 11.5 Å². The first-order valence-corrected chi connectivity index (χ1v) is 10.7. The molecule has 0 bridgehead atoms. The molecular formula is C23H33N3O4. The smallest absolute Gasteiger partial charge is 0.230 e. The first-order chi connectivity index (χ1) is 14.5. The van der Waals surface area contributed by atoms with E-state index in [-0.39, 0.29) is 11.8 Å². The lowest BCUT2D eigenvalue weighted by molar-refractivity contribution is -0.137. The Kier molecular flexibility index (Phi) is 7.37. The van der Waals surface area contributed by atoms with Crippen LogP contribution in [0.4, 0.5) is 0 Å². The number of aryl methyl sites for hydroxylation is 1. The second kappa shape index (κ2) is 9.98. The number of oxazole rings is 1. The number of carbonyl (C=O) groups is 1. The van der Waals surface area contributed by atoms with Gasteiger partial charge in [-0.15, -0.1) is 0 Å². The van der Waals surface area contributed by atoms with Gasteiger partial charge in [0.1, 0.15) is 17.3 Å². The van der Waals surface area contributed by atoms with E-state index in [0.29, 0.717) is 18.2 Å². The highest BCUT2D eigenvalue weighted by atomic mass is 16.5. The molecule has 1 amide bonds. The molecule has 1 saturated heterocycles. The van der Waals surface area contributed by atoms with E-state index in [2.05, 4.69) is 4.90 Å². The SMILES string of the molecule is CCN(CC)C(=O)C1CCCN(Cc2nc(-c3cc(OC)ccc3OC)oc2C)C1. The summed E-state index contributed by atoms with van der Waals surface area (Å²) in [4.78, 5) is 21.8. The van der Waals surface area contributed by atoms with Crippen LogP contribution in [0.2, 0.25) is 0 Å². The minimum absolute atomic E-state index is 0.0591. The molecule has 1 unspecified atom stereocenters. The Bertz CT molecular complexity index is 860. The Morgan fingerprint density at radius 2 is 2.03 bits per heavy atom. The van der Waals surface area contributed by atoms with Crippen molar-refractivity contribution in [2.75, 3.05) is 40.4 Å². The number of amides is 1. The largest absolute Gasteiger partial charge is 0.497 e. The molecule has 1 fully saturated rings. The molecule has 0 radical (unpaired) electrons. The molecular weight excluding hydrogens is 382 g/mol. The fraction of sp³-hybridized carbons (Fsp3) is 0.565. The predicted octanol–water partition coefficient (Wildman–Crippen LogP) is 3.75. The summed E-state index contributed by atoms with van der Waals surface area (Å²) in [5.41, 5.74) is 1.66. The molecule has 0 spiro atoms. The molecule has 3 rings (SSSR count). The van der Waals surface area contributed by atoms with Gasteiger partial charge in [0.2, 0.25) is 11.8 Å². The van der Waals surface area contributed by atoms with Crippen molar-refractivity contribution in [2.24, 2.45) is 5.92 Å². The Morgan fingerprint density at radius 3 is 2.70 bits per heavy atom. The number of hydrogen-bond donors (Lipinski definition) is 0.